The molecule has 134 valence electrons. The minimum absolute atomic E-state index is 0.485. The third kappa shape index (κ3) is 3.41. The summed E-state index contributed by atoms with van der Waals surface area (Å²) in [6.45, 7) is 1.28. The van der Waals surface area contributed by atoms with Gasteiger partial charge >= 0.3 is 0 Å². The lowest BCUT2D eigenvalue weighted by atomic mass is 9.98. The van der Waals surface area contributed by atoms with Crippen LogP contribution in [0.3, 0.4) is 0 Å². The smallest absolute Gasteiger partial charge is 0.266 e. The number of nitrogens with one attached hydrogen (secondary N) is 1. The molecule has 3 aromatic rings. The maximum Gasteiger partial charge on any atom is 0.266 e. The van der Waals surface area contributed by atoms with E-state index in [1.165, 1.54) is 0 Å². The van der Waals surface area contributed by atoms with E-state index in [0.717, 1.165) is 22.9 Å². The Morgan fingerprint density at radius 2 is 1.92 bits per heavy atom. The second-order valence-corrected chi connectivity index (χ2v) is 8.00. The van der Waals surface area contributed by atoms with Crippen LogP contribution in [0.5, 0.6) is 0 Å². The SMILES string of the molecule is CS(=O)(=O)Nc1cccc2c1CCN(c1noc(-c3ccccc3)n1)C2. The van der Waals surface area contributed by atoms with Crippen molar-refractivity contribution in [1.29, 1.82) is 0 Å². The topological polar surface area (TPSA) is 88.3 Å². The van der Waals surface area contributed by atoms with Crippen molar-refractivity contribution in [2.24, 2.45) is 0 Å². The number of sulfonamides is 1. The number of nitrogens with zero attached hydrogens (tertiary/aromatic N) is 3. The van der Waals surface area contributed by atoms with Crippen LogP contribution >= 0.6 is 0 Å². The first kappa shape index (κ1) is 16.6. The fraction of sp³-hybridized carbons (Fsp3) is 0.222. The highest BCUT2D eigenvalue weighted by Crippen LogP contribution is 2.29. The molecule has 26 heavy (non-hydrogen) atoms. The summed E-state index contributed by atoms with van der Waals surface area (Å²) in [6, 6.07) is 15.3. The fourth-order valence-electron chi connectivity index (χ4n) is 3.12. The van der Waals surface area contributed by atoms with E-state index in [0.29, 0.717) is 37.0 Å². The normalized spacial score (nSPS) is 14.1. The van der Waals surface area contributed by atoms with E-state index in [4.69, 9.17) is 4.52 Å². The summed E-state index contributed by atoms with van der Waals surface area (Å²) in [6.07, 6.45) is 1.86. The molecule has 0 amide bonds. The van der Waals surface area contributed by atoms with Gasteiger partial charge in [-0.05, 0) is 40.9 Å². The monoisotopic (exact) mass is 370 g/mol. The summed E-state index contributed by atoms with van der Waals surface area (Å²) in [7, 11) is -3.31. The van der Waals surface area contributed by atoms with Gasteiger partial charge in [0.15, 0.2) is 0 Å². The molecule has 4 rings (SSSR count). The van der Waals surface area contributed by atoms with Gasteiger partial charge < -0.3 is 9.42 Å². The molecule has 0 bridgehead atoms. The van der Waals surface area contributed by atoms with Crippen LogP contribution in [0.1, 0.15) is 11.1 Å². The van der Waals surface area contributed by atoms with Crippen LogP contribution in [0.4, 0.5) is 11.6 Å². The van der Waals surface area contributed by atoms with Gasteiger partial charge in [0.05, 0.1) is 11.9 Å². The maximum absolute atomic E-state index is 11.6. The van der Waals surface area contributed by atoms with Crippen molar-refractivity contribution < 1.29 is 12.9 Å². The predicted octanol–water partition coefficient (Wildman–Crippen LogP) is 2.67. The van der Waals surface area contributed by atoms with Crippen molar-refractivity contribution in [3.05, 3.63) is 59.7 Å². The molecule has 0 aliphatic carbocycles. The van der Waals surface area contributed by atoms with Gasteiger partial charge in [0.1, 0.15) is 0 Å². The average molecular weight is 370 g/mol. The van der Waals surface area contributed by atoms with Crippen molar-refractivity contribution >= 4 is 21.7 Å². The minimum Gasteiger partial charge on any atom is -0.334 e. The van der Waals surface area contributed by atoms with Crippen LogP contribution in [-0.4, -0.2) is 31.4 Å². The number of benzene rings is 2. The van der Waals surface area contributed by atoms with E-state index in [-0.39, 0.29) is 0 Å². The van der Waals surface area contributed by atoms with Crippen molar-refractivity contribution in [3.63, 3.8) is 0 Å². The average Bonchev–Trinajstić information content (AvgIpc) is 3.11. The van der Waals surface area contributed by atoms with Crippen LogP contribution in [0, 0.1) is 0 Å². The molecule has 0 fully saturated rings. The molecule has 1 aliphatic heterocycles. The van der Waals surface area contributed by atoms with Crippen molar-refractivity contribution in [2.75, 3.05) is 22.4 Å². The van der Waals surface area contributed by atoms with Gasteiger partial charge in [-0.1, -0.05) is 30.3 Å². The van der Waals surface area contributed by atoms with Crippen LogP contribution in [0.25, 0.3) is 11.5 Å². The zero-order chi connectivity index (χ0) is 18.1. The Kier molecular flexibility index (Phi) is 4.12. The summed E-state index contributed by atoms with van der Waals surface area (Å²) >= 11 is 0. The molecule has 1 aromatic heterocycles. The van der Waals surface area contributed by atoms with E-state index in [9.17, 15) is 8.42 Å². The van der Waals surface area contributed by atoms with E-state index < -0.39 is 10.0 Å². The summed E-state index contributed by atoms with van der Waals surface area (Å²) in [4.78, 5) is 6.53. The number of anilines is 2. The Hall–Kier alpha value is -2.87. The zero-order valence-electron chi connectivity index (χ0n) is 14.2. The van der Waals surface area contributed by atoms with Crippen LogP contribution in [-0.2, 0) is 23.0 Å². The molecule has 7 nitrogen and oxygen atoms in total. The van der Waals surface area contributed by atoms with Crippen molar-refractivity contribution in [1.82, 2.24) is 10.1 Å². The van der Waals surface area contributed by atoms with Crippen LogP contribution in [0.15, 0.2) is 53.1 Å². The van der Waals surface area contributed by atoms with Gasteiger partial charge in [-0.15, -0.1) is 0 Å². The maximum atomic E-state index is 11.6. The fourth-order valence-corrected chi connectivity index (χ4v) is 3.71. The molecule has 0 spiro atoms. The van der Waals surface area contributed by atoms with Gasteiger partial charge in [0, 0.05) is 18.7 Å². The second-order valence-electron chi connectivity index (χ2n) is 6.25. The first-order valence-electron chi connectivity index (χ1n) is 8.22. The molecule has 0 saturated heterocycles. The quantitative estimate of drug-likeness (QED) is 0.760. The highest BCUT2D eigenvalue weighted by molar-refractivity contribution is 7.92. The Morgan fingerprint density at radius 1 is 1.12 bits per heavy atom. The summed E-state index contributed by atoms with van der Waals surface area (Å²) < 4.78 is 31.1. The lowest BCUT2D eigenvalue weighted by Crippen LogP contribution is -2.31. The van der Waals surface area contributed by atoms with Gasteiger partial charge in [-0.3, -0.25) is 4.72 Å². The molecule has 1 aliphatic rings. The first-order valence-corrected chi connectivity index (χ1v) is 10.1. The highest BCUT2D eigenvalue weighted by Gasteiger charge is 2.23. The van der Waals surface area contributed by atoms with Crippen molar-refractivity contribution in [2.45, 2.75) is 13.0 Å². The zero-order valence-corrected chi connectivity index (χ0v) is 15.0. The lowest BCUT2D eigenvalue weighted by Gasteiger charge is -2.28. The molecule has 8 heteroatoms. The van der Waals surface area contributed by atoms with Gasteiger partial charge in [0.25, 0.3) is 11.8 Å². The van der Waals surface area contributed by atoms with Crippen LogP contribution < -0.4 is 9.62 Å². The summed E-state index contributed by atoms with van der Waals surface area (Å²) in [5.41, 5.74) is 3.59. The molecular formula is C18H18N4O3S. The van der Waals surface area contributed by atoms with Gasteiger partial charge in [0.2, 0.25) is 10.0 Å². The molecule has 0 atom stereocenters. The summed E-state index contributed by atoms with van der Waals surface area (Å²) in [5, 5.41) is 4.10. The number of rotatable bonds is 4. The molecule has 1 N–H and O–H groups in total. The third-order valence-corrected chi connectivity index (χ3v) is 4.87. The molecular weight excluding hydrogens is 352 g/mol. The van der Waals surface area contributed by atoms with E-state index in [1.54, 1.807) is 6.07 Å². The lowest BCUT2D eigenvalue weighted by molar-refractivity contribution is 0.428. The molecule has 0 radical (unpaired) electrons. The number of aromatic nitrogens is 2. The standard InChI is InChI=1S/C18H18N4O3S/c1-26(23,24)21-16-9-5-8-14-12-22(11-10-15(14)16)18-19-17(25-20-18)13-6-3-2-4-7-13/h2-9,21H,10-12H2,1H3. The van der Waals surface area contributed by atoms with Gasteiger partial charge in [-0.25, -0.2) is 8.42 Å². The number of hydrogen-bond donors (Lipinski definition) is 1. The number of fused-ring (bicyclic) bond motifs is 1. The Labute approximate surface area is 151 Å². The van der Waals surface area contributed by atoms with E-state index in [2.05, 4.69) is 14.9 Å². The Morgan fingerprint density at radius 3 is 2.69 bits per heavy atom. The molecule has 0 saturated carbocycles. The molecule has 2 heterocycles. The van der Waals surface area contributed by atoms with Gasteiger partial charge in [-0.2, -0.15) is 4.98 Å². The third-order valence-electron chi connectivity index (χ3n) is 4.28. The van der Waals surface area contributed by atoms with Crippen LogP contribution in [0.2, 0.25) is 0 Å². The first-order chi connectivity index (χ1) is 12.5. The largest absolute Gasteiger partial charge is 0.334 e. The minimum atomic E-state index is -3.31. The Balaban J connectivity index is 1.58. The van der Waals surface area contributed by atoms with E-state index in [1.807, 2.05) is 47.4 Å². The Bertz CT molecular complexity index is 1030. The molecule has 0 unspecified atom stereocenters. The second kappa shape index (κ2) is 6.45. The predicted molar refractivity (Wildman–Crippen MR) is 99.4 cm³/mol. The van der Waals surface area contributed by atoms with Crippen molar-refractivity contribution in [3.8, 4) is 11.5 Å². The number of hydrogen-bond acceptors (Lipinski definition) is 6. The van der Waals surface area contributed by atoms with E-state index >= 15 is 0 Å². The summed E-state index contributed by atoms with van der Waals surface area (Å²) in [5.74, 6) is 1.02. The molecule has 2 aromatic carbocycles. The highest BCUT2D eigenvalue weighted by atomic mass is 32.2.